The van der Waals surface area contributed by atoms with Gasteiger partial charge in [-0.1, -0.05) is 26.7 Å². The number of rotatable bonds is 4. The van der Waals surface area contributed by atoms with E-state index in [1.54, 1.807) is 0 Å². The second-order valence-corrected chi connectivity index (χ2v) is 5.75. The van der Waals surface area contributed by atoms with Gasteiger partial charge >= 0.3 is 0 Å². The van der Waals surface area contributed by atoms with Crippen LogP contribution in [0.2, 0.25) is 0 Å². The molecule has 1 aromatic rings. The van der Waals surface area contributed by atoms with Crippen LogP contribution in [0.4, 0.5) is 5.13 Å². The first kappa shape index (κ1) is 12.8. The number of hydrogen-bond acceptors (Lipinski definition) is 5. The molecule has 2 atom stereocenters. The maximum Gasteiger partial charge on any atom is 0.203 e. The van der Waals surface area contributed by atoms with Crippen LogP contribution in [-0.4, -0.2) is 21.4 Å². The Labute approximate surface area is 107 Å². The molecular weight excluding hydrogens is 232 g/mol. The van der Waals surface area contributed by atoms with Gasteiger partial charge in [-0.2, -0.15) is 4.37 Å². The Bertz CT molecular complexity index is 365. The second-order valence-electron chi connectivity index (χ2n) is 5.00. The zero-order valence-electron chi connectivity index (χ0n) is 10.7. The van der Waals surface area contributed by atoms with Crippen molar-refractivity contribution in [2.45, 2.75) is 51.5 Å². The van der Waals surface area contributed by atoms with E-state index in [0.717, 1.165) is 23.8 Å². The summed E-state index contributed by atoms with van der Waals surface area (Å²) >= 11 is 1.46. The molecule has 2 rings (SSSR count). The number of nitrogens with one attached hydrogen (secondary N) is 1. The summed E-state index contributed by atoms with van der Waals surface area (Å²) in [5, 5.41) is 4.50. The van der Waals surface area contributed by atoms with E-state index < -0.39 is 0 Å². The number of anilines is 1. The van der Waals surface area contributed by atoms with Gasteiger partial charge in [-0.3, -0.25) is 0 Å². The van der Waals surface area contributed by atoms with Crippen molar-refractivity contribution in [2.24, 2.45) is 11.7 Å². The highest BCUT2D eigenvalue weighted by atomic mass is 32.1. The molecule has 0 aromatic carbocycles. The Morgan fingerprint density at radius 3 is 2.94 bits per heavy atom. The first-order valence-corrected chi connectivity index (χ1v) is 7.28. The Balaban J connectivity index is 2.12. The summed E-state index contributed by atoms with van der Waals surface area (Å²) < 4.78 is 4.32. The average Bonchev–Trinajstić information content (AvgIpc) is 2.80. The van der Waals surface area contributed by atoms with E-state index in [9.17, 15) is 0 Å². The lowest BCUT2D eigenvalue weighted by Crippen LogP contribution is -2.52. The number of aryl methyl sites for hydroxylation is 1. The first-order chi connectivity index (χ1) is 8.20. The maximum absolute atomic E-state index is 6.01. The quantitative estimate of drug-likeness (QED) is 0.866. The van der Waals surface area contributed by atoms with Gasteiger partial charge in [0, 0.05) is 24.5 Å². The molecule has 17 heavy (non-hydrogen) atoms. The summed E-state index contributed by atoms with van der Waals surface area (Å²) in [6.45, 7) is 5.05. The molecule has 0 amide bonds. The van der Waals surface area contributed by atoms with Crippen LogP contribution < -0.4 is 11.1 Å². The predicted molar refractivity (Wildman–Crippen MR) is 72.3 cm³/mol. The van der Waals surface area contributed by atoms with E-state index in [2.05, 4.69) is 28.5 Å². The van der Waals surface area contributed by atoms with Crippen molar-refractivity contribution in [2.75, 3.05) is 11.9 Å². The minimum atomic E-state index is 0.0306. The summed E-state index contributed by atoms with van der Waals surface area (Å²) in [4.78, 5) is 4.49. The molecule has 4 nitrogen and oxygen atoms in total. The highest BCUT2D eigenvalue weighted by Gasteiger charge is 2.37. The van der Waals surface area contributed by atoms with Crippen LogP contribution in [0.15, 0.2) is 0 Å². The number of hydrogen-bond donors (Lipinski definition) is 2. The first-order valence-electron chi connectivity index (χ1n) is 6.51. The molecule has 96 valence electrons. The molecule has 1 aromatic heterocycles. The van der Waals surface area contributed by atoms with E-state index in [4.69, 9.17) is 5.73 Å². The van der Waals surface area contributed by atoms with Crippen molar-refractivity contribution in [3.63, 3.8) is 0 Å². The molecule has 1 heterocycles. The summed E-state index contributed by atoms with van der Waals surface area (Å²) in [6.07, 6.45) is 5.87. The van der Waals surface area contributed by atoms with E-state index in [1.807, 2.05) is 0 Å². The smallest absolute Gasteiger partial charge is 0.203 e. The topological polar surface area (TPSA) is 63.8 Å². The molecule has 1 aliphatic carbocycles. The lowest BCUT2D eigenvalue weighted by atomic mass is 9.74. The third-order valence-corrected chi connectivity index (χ3v) is 4.63. The van der Waals surface area contributed by atoms with Crippen LogP contribution in [0.25, 0.3) is 0 Å². The summed E-state index contributed by atoms with van der Waals surface area (Å²) in [7, 11) is 0. The van der Waals surface area contributed by atoms with E-state index in [0.29, 0.717) is 12.5 Å². The lowest BCUT2D eigenvalue weighted by Gasteiger charge is -2.42. The van der Waals surface area contributed by atoms with E-state index >= 15 is 0 Å². The van der Waals surface area contributed by atoms with E-state index in [1.165, 1.54) is 30.8 Å². The molecule has 1 fully saturated rings. The Hall–Kier alpha value is -0.680. The van der Waals surface area contributed by atoms with Crippen molar-refractivity contribution in [1.82, 2.24) is 9.36 Å². The van der Waals surface area contributed by atoms with Gasteiger partial charge in [-0.25, -0.2) is 4.98 Å². The standard InChI is InChI=1S/C12H22N4S/c1-3-10-14-11(17-16-10)15-12(8-13)7-5-4-6-9(12)2/h9H,3-8,13H2,1-2H3,(H,14,15,16). The number of aromatic nitrogens is 2. The monoisotopic (exact) mass is 254 g/mol. The van der Waals surface area contributed by atoms with Crippen LogP contribution in [0.3, 0.4) is 0 Å². The minimum absolute atomic E-state index is 0.0306. The fourth-order valence-electron chi connectivity index (χ4n) is 2.61. The molecule has 0 radical (unpaired) electrons. The van der Waals surface area contributed by atoms with Crippen LogP contribution in [0.5, 0.6) is 0 Å². The van der Waals surface area contributed by atoms with E-state index in [-0.39, 0.29) is 5.54 Å². The van der Waals surface area contributed by atoms with Gasteiger partial charge in [0.15, 0.2) is 0 Å². The molecule has 0 bridgehead atoms. The van der Waals surface area contributed by atoms with Gasteiger partial charge in [0.05, 0.1) is 5.54 Å². The number of nitrogens with zero attached hydrogens (tertiary/aromatic N) is 2. The lowest BCUT2D eigenvalue weighted by molar-refractivity contribution is 0.235. The summed E-state index contributed by atoms with van der Waals surface area (Å²) in [5.74, 6) is 1.53. The summed E-state index contributed by atoms with van der Waals surface area (Å²) in [5.41, 5.74) is 6.04. The van der Waals surface area contributed by atoms with Crippen molar-refractivity contribution in [1.29, 1.82) is 0 Å². The Morgan fingerprint density at radius 2 is 2.35 bits per heavy atom. The molecule has 0 saturated heterocycles. The van der Waals surface area contributed by atoms with Crippen molar-refractivity contribution in [3.8, 4) is 0 Å². The third kappa shape index (κ3) is 2.60. The second kappa shape index (κ2) is 5.31. The Morgan fingerprint density at radius 1 is 1.53 bits per heavy atom. The van der Waals surface area contributed by atoms with Crippen LogP contribution in [0, 0.1) is 5.92 Å². The summed E-state index contributed by atoms with van der Waals surface area (Å²) in [6, 6.07) is 0. The van der Waals surface area contributed by atoms with Crippen molar-refractivity contribution < 1.29 is 0 Å². The predicted octanol–water partition coefficient (Wildman–Crippen LogP) is 2.42. The van der Waals surface area contributed by atoms with Gasteiger partial charge in [0.1, 0.15) is 5.82 Å². The Kier molecular flexibility index (Phi) is 3.99. The van der Waals surface area contributed by atoms with Gasteiger partial charge in [0.25, 0.3) is 0 Å². The maximum atomic E-state index is 6.01. The normalized spacial score (nSPS) is 29.2. The van der Waals surface area contributed by atoms with Crippen molar-refractivity contribution >= 4 is 16.7 Å². The average molecular weight is 254 g/mol. The molecular formula is C12H22N4S. The zero-order valence-corrected chi connectivity index (χ0v) is 11.5. The molecule has 0 spiro atoms. The van der Waals surface area contributed by atoms with Gasteiger partial charge in [0.2, 0.25) is 5.13 Å². The van der Waals surface area contributed by atoms with Crippen molar-refractivity contribution in [3.05, 3.63) is 5.82 Å². The highest BCUT2D eigenvalue weighted by Crippen LogP contribution is 2.36. The fraction of sp³-hybridized carbons (Fsp3) is 0.833. The van der Waals surface area contributed by atoms with Gasteiger partial charge in [-0.15, -0.1) is 0 Å². The van der Waals surface area contributed by atoms with Gasteiger partial charge < -0.3 is 11.1 Å². The largest absolute Gasteiger partial charge is 0.353 e. The van der Waals surface area contributed by atoms with Crippen LogP contribution in [0.1, 0.15) is 45.4 Å². The molecule has 1 saturated carbocycles. The molecule has 2 unspecified atom stereocenters. The highest BCUT2D eigenvalue weighted by molar-refractivity contribution is 7.09. The van der Waals surface area contributed by atoms with Gasteiger partial charge in [-0.05, 0) is 18.8 Å². The minimum Gasteiger partial charge on any atom is -0.353 e. The molecule has 0 aliphatic heterocycles. The van der Waals surface area contributed by atoms with Crippen LogP contribution >= 0.6 is 11.5 Å². The third-order valence-electron chi connectivity index (χ3n) is 3.96. The SMILES string of the molecule is CCc1nsc(NC2(CN)CCCCC2C)n1. The molecule has 3 N–H and O–H groups in total. The zero-order chi connectivity index (χ0) is 12.3. The fourth-order valence-corrected chi connectivity index (χ4v) is 3.37. The molecule has 1 aliphatic rings. The molecule has 5 heteroatoms. The number of nitrogens with two attached hydrogens (primary N) is 1. The van der Waals surface area contributed by atoms with Crippen LogP contribution in [-0.2, 0) is 6.42 Å².